The number of hydrogen-bond acceptors (Lipinski definition) is 4. The summed E-state index contributed by atoms with van der Waals surface area (Å²) in [5.41, 5.74) is 5.20. The third-order valence-electron chi connectivity index (χ3n) is 5.36. The summed E-state index contributed by atoms with van der Waals surface area (Å²) >= 11 is 0. The zero-order valence-electron chi connectivity index (χ0n) is 16.3. The highest BCUT2D eigenvalue weighted by molar-refractivity contribution is 6.33. The molecule has 1 aliphatic heterocycles. The van der Waals surface area contributed by atoms with Crippen LogP contribution >= 0.6 is 0 Å². The Morgan fingerprint density at radius 2 is 1.67 bits per heavy atom. The van der Waals surface area contributed by atoms with Crippen LogP contribution < -0.4 is 4.90 Å². The monoisotopic (exact) mass is 366 g/mol. The van der Waals surface area contributed by atoms with E-state index < -0.39 is 0 Å². The minimum Gasteiger partial charge on any atom is -0.395 e. The predicted octanol–water partition coefficient (Wildman–Crippen LogP) is 4.14. The lowest BCUT2D eigenvalue weighted by molar-refractivity contribution is -0.120. The quantitative estimate of drug-likeness (QED) is 0.597. The number of anilines is 1. The van der Waals surface area contributed by atoms with E-state index in [1.54, 1.807) is 0 Å². The minimum atomic E-state index is -0.143. The van der Waals surface area contributed by atoms with E-state index in [1.807, 2.05) is 18.2 Å². The van der Waals surface area contributed by atoms with Crippen molar-refractivity contribution in [1.82, 2.24) is 0 Å². The first-order chi connectivity index (χ1) is 12.8. The van der Waals surface area contributed by atoms with E-state index in [1.165, 1.54) is 10.5 Å². The van der Waals surface area contributed by atoms with Crippen molar-refractivity contribution in [2.45, 2.75) is 59.3 Å². The first-order valence-corrected chi connectivity index (χ1v) is 9.78. The molecule has 0 radical (unpaired) electrons. The number of carbonyl (C=O) groups is 2. The third-order valence-corrected chi connectivity index (χ3v) is 5.36. The highest BCUT2D eigenvalue weighted by Crippen LogP contribution is 2.37. The Morgan fingerprint density at radius 1 is 1.00 bits per heavy atom. The molecule has 1 aromatic rings. The summed E-state index contributed by atoms with van der Waals surface area (Å²) in [6.45, 7) is 6.86. The van der Waals surface area contributed by atoms with E-state index in [2.05, 4.69) is 25.9 Å². The number of carbonyl (C=O) groups excluding carboxylic acids is 2. The fourth-order valence-electron chi connectivity index (χ4n) is 3.95. The molecule has 0 aromatic heterocycles. The number of oxime groups is 1. The van der Waals surface area contributed by atoms with Crippen molar-refractivity contribution < 1.29 is 14.4 Å². The Balaban J connectivity index is 1.60. The first-order valence-electron chi connectivity index (χ1n) is 9.78. The molecule has 27 heavy (non-hydrogen) atoms. The molecular formula is C22H26N2O3. The van der Waals surface area contributed by atoms with Gasteiger partial charge in [0.1, 0.15) is 6.61 Å². The van der Waals surface area contributed by atoms with E-state index in [4.69, 9.17) is 4.84 Å². The Bertz CT molecular complexity index is 846. The summed E-state index contributed by atoms with van der Waals surface area (Å²) in [6, 6.07) is 5.82. The molecule has 5 nitrogen and oxygen atoms in total. The Kier molecular flexibility index (Phi) is 4.41. The highest BCUT2D eigenvalue weighted by Gasteiger charge is 2.40. The third kappa shape index (κ3) is 3.31. The molecule has 0 fully saturated rings. The second-order valence-electron chi connectivity index (χ2n) is 8.82. The Labute approximate surface area is 160 Å². The largest absolute Gasteiger partial charge is 0.395 e. The SMILES string of the molecule is CC(C)(C)CON=C1CCc2ccc(N3C(=O)C4=C(CCCC4)C3=O)cc21. The van der Waals surface area contributed by atoms with Gasteiger partial charge >= 0.3 is 0 Å². The number of amides is 2. The molecule has 0 atom stereocenters. The highest BCUT2D eigenvalue weighted by atomic mass is 16.6. The van der Waals surface area contributed by atoms with Crippen LogP contribution in [0.3, 0.4) is 0 Å². The van der Waals surface area contributed by atoms with Gasteiger partial charge in [0.15, 0.2) is 0 Å². The van der Waals surface area contributed by atoms with Gasteiger partial charge < -0.3 is 4.84 Å². The van der Waals surface area contributed by atoms with E-state index in [0.29, 0.717) is 36.3 Å². The van der Waals surface area contributed by atoms with Crippen molar-refractivity contribution in [2.24, 2.45) is 10.6 Å². The zero-order chi connectivity index (χ0) is 19.2. The molecule has 5 heteroatoms. The van der Waals surface area contributed by atoms with Crippen molar-refractivity contribution in [1.29, 1.82) is 0 Å². The van der Waals surface area contributed by atoms with Crippen molar-refractivity contribution >= 4 is 23.2 Å². The Morgan fingerprint density at radius 3 is 2.30 bits per heavy atom. The van der Waals surface area contributed by atoms with Gasteiger partial charge in [-0.05, 0) is 61.6 Å². The molecule has 2 amide bonds. The average Bonchev–Trinajstić information content (AvgIpc) is 3.13. The number of rotatable bonds is 3. The summed E-state index contributed by atoms with van der Waals surface area (Å²) < 4.78 is 0. The van der Waals surface area contributed by atoms with E-state index >= 15 is 0 Å². The summed E-state index contributed by atoms with van der Waals surface area (Å²) in [7, 11) is 0. The van der Waals surface area contributed by atoms with Crippen LogP contribution in [0.25, 0.3) is 0 Å². The van der Waals surface area contributed by atoms with Gasteiger partial charge in [-0.3, -0.25) is 9.59 Å². The second-order valence-corrected chi connectivity index (χ2v) is 8.82. The standard InChI is InChI=1S/C22H26N2O3/c1-22(2,3)13-27-23-19-11-9-14-8-10-15(12-18(14)19)24-20(25)16-6-4-5-7-17(16)21(24)26/h8,10,12H,4-7,9,11,13H2,1-3H3. The number of hydrogen-bond donors (Lipinski definition) is 0. The molecule has 0 unspecified atom stereocenters. The topological polar surface area (TPSA) is 59.0 Å². The molecular weight excluding hydrogens is 340 g/mol. The van der Waals surface area contributed by atoms with E-state index in [9.17, 15) is 9.59 Å². The number of imide groups is 1. The van der Waals surface area contributed by atoms with Crippen molar-refractivity contribution in [2.75, 3.05) is 11.5 Å². The average molecular weight is 366 g/mol. The molecule has 1 aromatic carbocycles. The molecule has 0 spiro atoms. The summed E-state index contributed by atoms with van der Waals surface area (Å²) in [4.78, 5) is 32.5. The van der Waals surface area contributed by atoms with Gasteiger partial charge in [0.25, 0.3) is 11.8 Å². The maximum absolute atomic E-state index is 12.8. The van der Waals surface area contributed by atoms with Gasteiger partial charge in [-0.25, -0.2) is 4.90 Å². The van der Waals surface area contributed by atoms with Crippen molar-refractivity contribution in [3.63, 3.8) is 0 Å². The van der Waals surface area contributed by atoms with Gasteiger partial charge in [-0.15, -0.1) is 0 Å². The van der Waals surface area contributed by atoms with Gasteiger partial charge in [0.2, 0.25) is 0 Å². The number of aryl methyl sites for hydroxylation is 1. The zero-order valence-corrected chi connectivity index (χ0v) is 16.3. The molecule has 0 saturated heterocycles. The molecule has 0 N–H and O–H groups in total. The molecule has 3 aliphatic rings. The molecule has 142 valence electrons. The lowest BCUT2D eigenvalue weighted by Gasteiger charge is -2.17. The van der Waals surface area contributed by atoms with Gasteiger partial charge in [-0.2, -0.15) is 0 Å². The smallest absolute Gasteiger partial charge is 0.261 e. The van der Waals surface area contributed by atoms with Crippen LogP contribution in [0.5, 0.6) is 0 Å². The fraction of sp³-hybridized carbons (Fsp3) is 0.500. The van der Waals surface area contributed by atoms with Crippen LogP contribution in [0, 0.1) is 5.41 Å². The minimum absolute atomic E-state index is 0.0481. The molecule has 2 aliphatic carbocycles. The van der Waals surface area contributed by atoms with Crippen LogP contribution in [0.2, 0.25) is 0 Å². The predicted molar refractivity (Wildman–Crippen MR) is 105 cm³/mol. The lowest BCUT2D eigenvalue weighted by Crippen LogP contribution is -2.31. The van der Waals surface area contributed by atoms with Crippen molar-refractivity contribution in [3.8, 4) is 0 Å². The number of benzene rings is 1. The Hall–Kier alpha value is -2.43. The maximum atomic E-state index is 12.8. The molecule has 4 rings (SSSR count). The normalized spacial score (nSPS) is 21.1. The van der Waals surface area contributed by atoms with E-state index in [-0.39, 0.29) is 17.2 Å². The second kappa shape index (κ2) is 6.63. The van der Waals surface area contributed by atoms with Gasteiger partial charge in [-0.1, -0.05) is 32.0 Å². The van der Waals surface area contributed by atoms with Crippen LogP contribution in [-0.4, -0.2) is 24.1 Å². The van der Waals surface area contributed by atoms with E-state index in [0.717, 1.165) is 37.0 Å². The van der Waals surface area contributed by atoms with Crippen LogP contribution in [0.15, 0.2) is 34.5 Å². The van der Waals surface area contributed by atoms with Gasteiger partial charge in [0.05, 0.1) is 11.4 Å². The fourth-order valence-corrected chi connectivity index (χ4v) is 3.95. The summed E-state index contributed by atoms with van der Waals surface area (Å²) in [6.07, 6.45) is 5.13. The van der Waals surface area contributed by atoms with Crippen LogP contribution in [0.4, 0.5) is 5.69 Å². The first kappa shape index (κ1) is 18.0. The molecule has 0 bridgehead atoms. The maximum Gasteiger partial charge on any atom is 0.261 e. The summed E-state index contributed by atoms with van der Waals surface area (Å²) in [5, 5.41) is 4.35. The molecule has 1 heterocycles. The molecule has 0 saturated carbocycles. The van der Waals surface area contributed by atoms with Gasteiger partial charge in [0, 0.05) is 16.7 Å². The lowest BCUT2D eigenvalue weighted by atomic mass is 9.93. The van der Waals surface area contributed by atoms with Crippen LogP contribution in [0.1, 0.15) is 64.0 Å². The number of fused-ring (bicyclic) bond motifs is 1. The van der Waals surface area contributed by atoms with Crippen LogP contribution in [-0.2, 0) is 20.8 Å². The summed E-state index contributed by atoms with van der Waals surface area (Å²) in [5.74, 6) is -0.287. The number of nitrogens with zero attached hydrogens (tertiary/aromatic N) is 2. The van der Waals surface area contributed by atoms with Crippen molar-refractivity contribution in [3.05, 3.63) is 40.5 Å².